The zero-order valence-corrected chi connectivity index (χ0v) is 12.7. The molecule has 0 aliphatic rings. The Morgan fingerprint density at radius 2 is 1.33 bits per heavy atom. The molecule has 6 heteroatoms. The van der Waals surface area contributed by atoms with Gasteiger partial charge < -0.3 is 23.7 Å². The van der Waals surface area contributed by atoms with Crippen LogP contribution in [-0.4, -0.2) is 35.5 Å². The van der Waals surface area contributed by atoms with E-state index in [0.717, 1.165) is 4.47 Å². The largest absolute Gasteiger partial charge is 0.492 e. The molecule has 1 aromatic rings. The zero-order valence-electron chi connectivity index (χ0n) is 11.1. The minimum absolute atomic E-state index is 0.489. The van der Waals surface area contributed by atoms with Crippen molar-refractivity contribution in [2.75, 3.05) is 35.5 Å². The van der Waals surface area contributed by atoms with Gasteiger partial charge in [-0.25, -0.2) is 0 Å². The van der Waals surface area contributed by atoms with E-state index in [-0.39, 0.29) is 0 Å². The van der Waals surface area contributed by atoms with E-state index >= 15 is 0 Å². The summed E-state index contributed by atoms with van der Waals surface area (Å²) in [6.07, 6.45) is -0.545. The second-order valence-electron chi connectivity index (χ2n) is 3.35. The normalized spacial score (nSPS) is 10.6. The second-order valence-corrected chi connectivity index (χ2v) is 4.21. The summed E-state index contributed by atoms with van der Waals surface area (Å²) < 4.78 is 27.2. The topological polar surface area (TPSA) is 46.2 Å². The SMILES string of the molecule is COc1c(Br)cc(C(OC)OC)c(OC)c1OC. The van der Waals surface area contributed by atoms with Crippen LogP contribution >= 0.6 is 15.9 Å². The second kappa shape index (κ2) is 6.82. The van der Waals surface area contributed by atoms with Gasteiger partial charge in [0.25, 0.3) is 0 Å². The van der Waals surface area contributed by atoms with E-state index in [2.05, 4.69) is 15.9 Å². The lowest BCUT2D eigenvalue weighted by atomic mass is 10.1. The molecule has 0 aromatic heterocycles. The molecule has 102 valence electrons. The maximum atomic E-state index is 5.36. The van der Waals surface area contributed by atoms with E-state index in [4.69, 9.17) is 23.7 Å². The van der Waals surface area contributed by atoms with Gasteiger partial charge in [0.05, 0.1) is 31.4 Å². The van der Waals surface area contributed by atoms with Crippen molar-refractivity contribution in [2.24, 2.45) is 0 Å². The van der Waals surface area contributed by atoms with Gasteiger partial charge in [-0.3, -0.25) is 0 Å². The first-order chi connectivity index (χ1) is 8.64. The highest BCUT2D eigenvalue weighted by Gasteiger charge is 2.24. The Labute approximate surface area is 115 Å². The Hall–Kier alpha value is -0.980. The summed E-state index contributed by atoms with van der Waals surface area (Å²) in [5.41, 5.74) is 0.715. The van der Waals surface area contributed by atoms with Gasteiger partial charge in [-0.2, -0.15) is 0 Å². The maximum Gasteiger partial charge on any atom is 0.204 e. The fourth-order valence-electron chi connectivity index (χ4n) is 1.72. The predicted molar refractivity (Wildman–Crippen MR) is 70.6 cm³/mol. The quantitative estimate of drug-likeness (QED) is 0.754. The predicted octanol–water partition coefficient (Wildman–Crippen LogP) is 2.77. The summed E-state index contributed by atoms with van der Waals surface area (Å²) in [6, 6.07) is 1.82. The highest BCUT2D eigenvalue weighted by Crippen LogP contribution is 2.47. The third-order valence-corrected chi connectivity index (χ3v) is 3.06. The van der Waals surface area contributed by atoms with Gasteiger partial charge >= 0.3 is 0 Å². The molecular formula is C12H17BrO5. The van der Waals surface area contributed by atoms with Crippen LogP contribution in [0, 0.1) is 0 Å². The highest BCUT2D eigenvalue weighted by atomic mass is 79.9. The number of rotatable bonds is 6. The number of methoxy groups -OCH3 is 5. The van der Waals surface area contributed by atoms with Gasteiger partial charge in [-0.1, -0.05) is 0 Å². The summed E-state index contributed by atoms with van der Waals surface area (Å²) in [7, 11) is 7.77. The monoisotopic (exact) mass is 320 g/mol. The van der Waals surface area contributed by atoms with Gasteiger partial charge in [0.15, 0.2) is 17.8 Å². The van der Waals surface area contributed by atoms with E-state index in [0.29, 0.717) is 22.8 Å². The molecule has 0 aliphatic heterocycles. The molecule has 0 fully saturated rings. The molecule has 0 bridgehead atoms. The van der Waals surface area contributed by atoms with Crippen LogP contribution in [0.25, 0.3) is 0 Å². The average Bonchev–Trinajstić information content (AvgIpc) is 2.39. The molecule has 0 heterocycles. The van der Waals surface area contributed by atoms with E-state index in [1.54, 1.807) is 35.5 Å². The molecular weight excluding hydrogens is 304 g/mol. The first-order valence-electron chi connectivity index (χ1n) is 5.18. The zero-order chi connectivity index (χ0) is 13.7. The highest BCUT2D eigenvalue weighted by molar-refractivity contribution is 9.10. The van der Waals surface area contributed by atoms with Gasteiger partial charge in [-0.15, -0.1) is 0 Å². The van der Waals surface area contributed by atoms with Crippen LogP contribution in [-0.2, 0) is 9.47 Å². The van der Waals surface area contributed by atoms with Crippen molar-refractivity contribution in [1.82, 2.24) is 0 Å². The van der Waals surface area contributed by atoms with Crippen molar-refractivity contribution in [3.05, 3.63) is 16.1 Å². The van der Waals surface area contributed by atoms with Crippen molar-refractivity contribution in [3.63, 3.8) is 0 Å². The third kappa shape index (κ3) is 2.71. The standard InChI is InChI=1S/C12H17BrO5/c1-14-9-7(12(17-4)18-5)6-8(13)10(15-2)11(9)16-3/h6,12H,1-5H3. The van der Waals surface area contributed by atoms with Crippen molar-refractivity contribution >= 4 is 15.9 Å². The van der Waals surface area contributed by atoms with Crippen LogP contribution < -0.4 is 14.2 Å². The number of hydrogen-bond acceptors (Lipinski definition) is 5. The first kappa shape index (κ1) is 15.1. The summed E-state index contributed by atoms with van der Waals surface area (Å²) in [5.74, 6) is 1.57. The Morgan fingerprint density at radius 3 is 1.72 bits per heavy atom. The minimum Gasteiger partial charge on any atom is -0.492 e. The van der Waals surface area contributed by atoms with Gasteiger partial charge in [0.1, 0.15) is 0 Å². The van der Waals surface area contributed by atoms with Crippen LogP contribution in [0.1, 0.15) is 11.9 Å². The molecule has 0 aliphatic carbocycles. The van der Waals surface area contributed by atoms with Crippen LogP contribution in [0.15, 0.2) is 10.5 Å². The molecule has 0 unspecified atom stereocenters. The molecule has 0 amide bonds. The number of ether oxygens (including phenoxy) is 5. The number of halogens is 1. The molecule has 0 saturated carbocycles. The Bertz CT molecular complexity index is 404. The lowest BCUT2D eigenvalue weighted by Crippen LogP contribution is -2.08. The van der Waals surface area contributed by atoms with Crippen molar-refractivity contribution < 1.29 is 23.7 Å². The van der Waals surface area contributed by atoms with Crippen molar-refractivity contribution in [1.29, 1.82) is 0 Å². The Balaban J connectivity index is 3.48. The van der Waals surface area contributed by atoms with E-state index in [9.17, 15) is 0 Å². The van der Waals surface area contributed by atoms with Crippen LogP contribution in [0.5, 0.6) is 17.2 Å². The summed E-state index contributed by atoms with van der Waals surface area (Å²) in [4.78, 5) is 0. The smallest absolute Gasteiger partial charge is 0.204 e. The third-order valence-electron chi connectivity index (χ3n) is 2.47. The molecule has 5 nitrogen and oxygen atoms in total. The van der Waals surface area contributed by atoms with Crippen LogP contribution in [0.2, 0.25) is 0 Å². The Morgan fingerprint density at radius 1 is 0.833 bits per heavy atom. The van der Waals surface area contributed by atoms with Crippen LogP contribution in [0.3, 0.4) is 0 Å². The van der Waals surface area contributed by atoms with Crippen LogP contribution in [0.4, 0.5) is 0 Å². The van der Waals surface area contributed by atoms with E-state index in [1.165, 1.54) is 0 Å². The van der Waals surface area contributed by atoms with Crippen molar-refractivity contribution in [2.45, 2.75) is 6.29 Å². The lowest BCUT2D eigenvalue weighted by molar-refractivity contribution is -0.107. The molecule has 0 N–H and O–H groups in total. The average molecular weight is 321 g/mol. The summed E-state index contributed by atoms with van der Waals surface area (Å²) in [5, 5.41) is 0. The molecule has 0 spiro atoms. The Kier molecular flexibility index (Phi) is 5.71. The summed E-state index contributed by atoms with van der Waals surface area (Å²) >= 11 is 3.42. The number of benzene rings is 1. The number of hydrogen-bond donors (Lipinski definition) is 0. The van der Waals surface area contributed by atoms with Gasteiger partial charge in [0.2, 0.25) is 5.75 Å². The van der Waals surface area contributed by atoms with E-state index < -0.39 is 6.29 Å². The van der Waals surface area contributed by atoms with Gasteiger partial charge in [0, 0.05) is 14.2 Å². The molecule has 0 radical (unpaired) electrons. The maximum absolute atomic E-state index is 5.36. The molecule has 18 heavy (non-hydrogen) atoms. The fraction of sp³-hybridized carbons (Fsp3) is 0.500. The molecule has 1 aromatic carbocycles. The lowest BCUT2D eigenvalue weighted by Gasteiger charge is -2.21. The molecule has 0 saturated heterocycles. The fourth-order valence-corrected chi connectivity index (χ4v) is 2.31. The first-order valence-corrected chi connectivity index (χ1v) is 5.97. The molecule has 1 rings (SSSR count). The summed E-state index contributed by atoms with van der Waals surface area (Å²) in [6.45, 7) is 0. The van der Waals surface area contributed by atoms with E-state index in [1.807, 2.05) is 6.07 Å². The molecule has 0 atom stereocenters. The van der Waals surface area contributed by atoms with Crippen molar-refractivity contribution in [3.8, 4) is 17.2 Å². The van der Waals surface area contributed by atoms with Gasteiger partial charge in [-0.05, 0) is 22.0 Å². The minimum atomic E-state index is -0.545.